The molecule has 2 aromatic rings. The number of amides is 1. The summed E-state index contributed by atoms with van der Waals surface area (Å²) in [6, 6.07) is 12.3. The minimum atomic E-state index is -3.62. The van der Waals surface area contributed by atoms with E-state index >= 15 is 0 Å². The molecule has 1 N–H and O–H groups in total. The first kappa shape index (κ1) is 23.7. The molecule has 10 heteroatoms. The van der Waals surface area contributed by atoms with E-state index in [4.69, 9.17) is 14.2 Å². The lowest BCUT2D eigenvalue weighted by Gasteiger charge is -2.42. The predicted molar refractivity (Wildman–Crippen MR) is 129 cm³/mol. The normalized spacial score (nSPS) is 18.5. The zero-order chi connectivity index (χ0) is 24.6. The monoisotopic (exact) mass is 499 g/mol. The summed E-state index contributed by atoms with van der Waals surface area (Å²) in [6.07, 6.45) is 0. The van der Waals surface area contributed by atoms with E-state index in [1.54, 1.807) is 19.2 Å². The van der Waals surface area contributed by atoms with E-state index in [2.05, 4.69) is 5.32 Å². The third-order valence-corrected chi connectivity index (χ3v) is 8.45. The highest BCUT2D eigenvalue weighted by atomic mass is 32.2. The molecular weight excluding hydrogens is 470 g/mol. The van der Waals surface area contributed by atoms with Crippen LogP contribution in [0.5, 0.6) is 17.2 Å². The van der Waals surface area contributed by atoms with E-state index in [0.717, 1.165) is 22.5 Å². The maximum atomic E-state index is 13.2. The summed E-state index contributed by atoms with van der Waals surface area (Å²) >= 11 is 0. The Morgan fingerprint density at radius 3 is 2.46 bits per heavy atom. The quantitative estimate of drug-likeness (QED) is 0.578. The third-order valence-electron chi connectivity index (χ3n) is 6.66. The summed E-state index contributed by atoms with van der Waals surface area (Å²) in [5.74, 6) is 1.48. The van der Waals surface area contributed by atoms with Crippen molar-refractivity contribution >= 4 is 15.9 Å². The molecule has 1 atom stereocenters. The van der Waals surface area contributed by atoms with Gasteiger partial charge in [0.05, 0.1) is 17.9 Å². The van der Waals surface area contributed by atoms with E-state index in [1.807, 2.05) is 36.2 Å². The summed E-state index contributed by atoms with van der Waals surface area (Å²) < 4.78 is 43.9. The molecule has 0 bridgehead atoms. The Morgan fingerprint density at radius 2 is 1.74 bits per heavy atom. The van der Waals surface area contributed by atoms with Gasteiger partial charge < -0.3 is 24.4 Å². The van der Waals surface area contributed by atoms with Gasteiger partial charge in [0.2, 0.25) is 15.9 Å². The molecule has 3 aliphatic heterocycles. The van der Waals surface area contributed by atoms with E-state index in [1.165, 1.54) is 10.4 Å². The molecule has 2 fully saturated rings. The van der Waals surface area contributed by atoms with Crippen LogP contribution in [0.2, 0.25) is 0 Å². The van der Waals surface area contributed by atoms with Gasteiger partial charge in [-0.05, 0) is 48.0 Å². The smallest absolute Gasteiger partial charge is 0.243 e. The number of rotatable bonds is 7. The van der Waals surface area contributed by atoms with Crippen LogP contribution in [0.4, 0.5) is 0 Å². The summed E-state index contributed by atoms with van der Waals surface area (Å²) in [5.41, 5.74) is 3.13. The van der Waals surface area contributed by atoms with Crippen molar-refractivity contribution in [2.24, 2.45) is 0 Å². The molecule has 1 amide bonds. The molecule has 0 aromatic heterocycles. The fourth-order valence-corrected chi connectivity index (χ4v) is 5.98. The number of likely N-dealkylation sites (tertiary alicyclic amines) is 1. The van der Waals surface area contributed by atoms with E-state index in [9.17, 15) is 13.2 Å². The highest BCUT2D eigenvalue weighted by molar-refractivity contribution is 7.89. The molecule has 3 aliphatic rings. The first-order chi connectivity index (χ1) is 16.9. The molecule has 5 rings (SSSR count). The Hall–Kier alpha value is -3.08. The van der Waals surface area contributed by atoms with Crippen LogP contribution in [0.1, 0.15) is 11.5 Å². The van der Waals surface area contributed by atoms with E-state index in [-0.39, 0.29) is 16.7 Å². The molecule has 0 radical (unpaired) electrons. The standard InChI is InChI=1S/C25H29N3O6S/c1-26-12-22(17-4-3-5-20(10-17)32-2)25(29)27-13-18(14-27)19-15-28(16-19)35(30,31)21-6-7-23-24(11-21)34-9-8-33-23/h3-7,10-11,22,26H,8-9,12-16H2,1-2H3. The number of hydrogen-bond donors (Lipinski definition) is 1. The van der Waals surface area contributed by atoms with Crippen molar-refractivity contribution in [2.75, 3.05) is 60.1 Å². The number of nitrogens with zero attached hydrogens (tertiary/aromatic N) is 2. The number of methoxy groups -OCH3 is 1. The number of fused-ring (bicyclic) bond motifs is 1. The van der Waals surface area contributed by atoms with Crippen molar-refractivity contribution in [3.05, 3.63) is 59.2 Å². The molecule has 9 nitrogen and oxygen atoms in total. The van der Waals surface area contributed by atoms with E-state index in [0.29, 0.717) is 57.4 Å². The Labute approximate surface area is 205 Å². The fourth-order valence-electron chi connectivity index (χ4n) is 4.53. The number of hydrogen-bond acceptors (Lipinski definition) is 7. The average molecular weight is 500 g/mol. The van der Waals surface area contributed by atoms with Gasteiger partial charge in [-0.25, -0.2) is 8.42 Å². The van der Waals surface area contributed by atoms with Crippen LogP contribution in [0, 0.1) is 0 Å². The molecule has 0 aliphatic carbocycles. The van der Waals surface area contributed by atoms with E-state index < -0.39 is 10.0 Å². The Morgan fingerprint density at radius 1 is 1.03 bits per heavy atom. The van der Waals surface area contributed by atoms with Gasteiger partial charge in [-0.3, -0.25) is 4.79 Å². The summed E-state index contributed by atoms with van der Waals surface area (Å²) in [6.45, 7) is 3.16. The molecule has 186 valence electrons. The minimum absolute atomic E-state index is 0.0528. The summed E-state index contributed by atoms with van der Waals surface area (Å²) in [5, 5.41) is 3.11. The molecule has 1 unspecified atom stereocenters. The fraction of sp³-hybridized carbons (Fsp3) is 0.400. The number of benzene rings is 2. The molecule has 0 saturated carbocycles. The number of carbonyl (C=O) groups is 1. The van der Waals surface area contributed by atoms with Gasteiger partial charge in [-0.2, -0.15) is 4.31 Å². The molecule has 0 spiro atoms. The number of carbonyl (C=O) groups excluding carboxylic acids is 1. The Bertz CT molecular complexity index is 1260. The number of nitrogens with one attached hydrogen (secondary N) is 1. The van der Waals surface area contributed by atoms with Gasteiger partial charge in [-0.15, -0.1) is 0 Å². The molecule has 3 heterocycles. The van der Waals surface area contributed by atoms with Crippen molar-refractivity contribution in [1.29, 1.82) is 0 Å². The Kier molecular flexibility index (Phi) is 6.43. The maximum absolute atomic E-state index is 13.2. The highest BCUT2D eigenvalue weighted by Gasteiger charge is 2.39. The maximum Gasteiger partial charge on any atom is 0.243 e. The van der Waals surface area contributed by atoms with Gasteiger partial charge in [0.15, 0.2) is 11.5 Å². The summed E-state index contributed by atoms with van der Waals surface area (Å²) in [4.78, 5) is 15.2. The third kappa shape index (κ3) is 4.49. The molecule has 35 heavy (non-hydrogen) atoms. The first-order valence-corrected chi connectivity index (χ1v) is 13.0. The lowest BCUT2D eigenvalue weighted by molar-refractivity contribution is -0.134. The molecule has 2 saturated heterocycles. The van der Waals surface area contributed by atoms with Crippen LogP contribution in [0.25, 0.3) is 0 Å². The van der Waals surface area contributed by atoms with Crippen molar-refractivity contribution in [3.63, 3.8) is 0 Å². The van der Waals surface area contributed by atoms with Crippen LogP contribution >= 0.6 is 0 Å². The number of likely N-dealkylation sites (N-methyl/N-ethyl adjacent to an activating group) is 1. The molecular formula is C25H29N3O6S. The Balaban J connectivity index is 1.22. The van der Waals surface area contributed by atoms with Gasteiger partial charge in [0, 0.05) is 38.8 Å². The van der Waals surface area contributed by atoms with Gasteiger partial charge in [-0.1, -0.05) is 12.1 Å². The number of sulfonamides is 1. The van der Waals surface area contributed by atoms with Gasteiger partial charge >= 0.3 is 0 Å². The SMILES string of the molecule is CNCC(C(=O)N1CC(=C2CN(S(=O)(=O)c3ccc4c(c3)OCCO4)C2)C1)c1cccc(OC)c1. The number of ether oxygens (including phenoxy) is 3. The second-order valence-electron chi connectivity index (χ2n) is 8.87. The van der Waals surface area contributed by atoms with Crippen molar-refractivity contribution in [3.8, 4) is 17.2 Å². The van der Waals surface area contributed by atoms with Crippen LogP contribution in [-0.4, -0.2) is 83.6 Å². The van der Waals surface area contributed by atoms with Crippen LogP contribution < -0.4 is 19.5 Å². The second-order valence-corrected chi connectivity index (χ2v) is 10.8. The topological polar surface area (TPSA) is 97.4 Å². The molecule has 2 aromatic carbocycles. The van der Waals surface area contributed by atoms with Crippen molar-refractivity contribution in [2.45, 2.75) is 10.8 Å². The van der Waals surface area contributed by atoms with Gasteiger partial charge in [0.1, 0.15) is 19.0 Å². The van der Waals surface area contributed by atoms with Gasteiger partial charge in [0.25, 0.3) is 0 Å². The minimum Gasteiger partial charge on any atom is -0.497 e. The first-order valence-electron chi connectivity index (χ1n) is 11.6. The second kappa shape index (κ2) is 9.52. The van der Waals surface area contributed by atoms with Crippen LogP contribution in [0.3, 0.4) is 0 Å². The van der Waals surface area contributed by atoms with Crippen LogP contribution in [0.15, 0.2) is 58.5 Å². The zero-order valence-corrected chi connectivity index (χ0v) is 20.6. The average Bonchev–Trinajstić information content (AvgIpc) is 2.82. The lowest BCUT2D eigenvalue weighted by Crippen LogP contribution is -2.52. The zero-order valence-electron chi connectivity index (χ0n) is 19.8. The lowest BCUT2D eigenvalue weighted by atomic mass is 9.92. The highest BCUT2D eigenvalue weighted by Crippen LogP contribution is 2.36. The van der Waals surface area contributed by atoms with Crippen molar-refractivity contribution < 1.29 is 27.4 Å². The summed E-state index contributed by atoms with van der Waals surface area (Å²) in [7, 11) is -0.179. The van der Waals surface area contributed by atoms with Crippen molar-refractivity contribution in [1.82, 2.24) is 14.5 Å². The largest absolute Gasteiger partial charge is 0.497 e. The van der Waals surface area contributed by atoms with Crippen LogP contribution in [-0.2, 0) is 14.8 Å². The predicted octanol–water partition coefficient (Wildman–Crippen LogP) is 1.61.